The number of halogens is 4. The zero-order chi connectivity index (χ0) is 24.3. The van der Waals surface area contributed by atoms with Gasteiger partial charge in [0, 0.05) is 38.3 Å². The molecule has 0 saturated carbocycles. The Hall–Kier alpha value is -3.27. The highest BCUT2D eigenvalue weighted by molar-refractivity contribution is 6.16. The third-order valence-corrected chi connectivity index (χ3v) is 6.04. The van der Waals surface area contributed by atoms with Crippen LogP contribution in [0.1, 0.15) is 24.5 Å². The van der Waals surface area contributed by atoms with E-state index in [1.807, 2.05) is 0 Å². The molecule has 180 valence electrons. The highest BCUT2D eigenvalue weighted by Gasteiger charge is 2.38. The summed E-state index contributed by atoms with van der Waals surface area (Å²) in [6.45, 7) is 6.03. The lowest BCUT2D eigenvalue weighted by atomic mass is 10.0. The second-order valence-electron chi connectivity index (χ2n) is 8.23. The fourth-order valence-electron chi connectivity index (χ4n) is 3.97. The van der Waals surface area contributed by atoms with E-state index in [0.717, 1.165) is 25.2 Å². The fraction of sp³-hybridized carbons (Fsp3) is 0.375. The fourth-order valence-corrected chi connectivity index (χ4v) is 3.97. The van der Waals surface area contributed by atoms with Gasteiger partial charge in [-0.3, -0.25) is 4.90 Å². The van der Waals surface area contributed by atoms with Crippen molar-refractivity contribution in [2.75, 3.05) is 37.6 Å². The quantitative estimate of drug-likeness (QED) is 0.589. The summed E-state index contributed by atoms with van der Waals surface area (Å²) in [5.74, 6) is -0.394. The number of amides is 2. The number of rotatable bonds is 5. The van der Waals surface area contributed by atoms with Crippen molar-refractivity contribution in [3.63, 3.8) is 0 Å². The zero-order valence-corrected chi connectivity index (χ0v) is 18.7. The van der Waals surface area contributed by atoms with Crippen LogP contribution in [0.5, 0.6) is 0 Å². The maximum atomic E-state index is 13.5. The zero-order valence-electron chi connectivity index (χ0n) is 18.7. The minimum Gasteiger partial charge on any atom is -0.322 e. The summed E-state index contributed by atoms with van der Waals surface area (Å²) in [7, 11) is 0. The number of benzene rings is 2. The van der Waals surface area contributed by atoms with Gasteiger partial charge in [-0.25, -0.2) is 9.18 Å². The van der Waals surface area contributed by atoms with Gasteiger partial charge >= 0.3 is 12.2 Å². The maximum absolute atomic E-state index is 13.5. The summed E-state index contributed by atoms with van der Waals surface area (Å²) in [5.41, 5.74) is 1.23. The first kappa shape index (κ1) is 23.9. The van der Waals surface area contributed by atoms with E-state index in [0.29, 0.717) is 24.3 Å². The second kappa shape index (κ2) is 9.92. The lowest BCUT2D eigenvalue weighted by Crippen LogP contribution is -2.52. The Morgan fingerprint density at radius 3 is 2.18 bits per heavy atom. The Bertz CT molecular complexity index is 1070. The van der Waals surface area contributed by atoms with E-state index in [1.165, 1.54) is 12.1 Å². The minimum atomic E-state index is -4.50. The number of likely N-dealkylation sites (N-methyl/N-ethyl adjacent to an activating group) is 1. The highest BCUT2D eigenvalue weighted by Crippen LogP contribution is 2.26. The average molecular weight is 475 g/mol. The van der Waals surface area contributed by atoms with E-state index in [2.05, 4.69) is 22.0 Å². The van der Waals surface area contributed by atoms with Crippen molar-refractivity contribution < 1.29 is 22.4 Å². The average Bonchev–Trinajstić information content (AvgIpc) is 3.34. The van der Waals surface area contributed by atoms with E-state index < -0.39 is 17.7 Å². The van der Waals surface area contributed by atoms with Crippen molar-refractivity contribution in [1.29, 1.82) is 0 Å². The van der Waals surface area contributed by atoms with Crippen molar-refractivity contribution in [3.05, 3.63) is 65.5 Å². The van der Waals surface area contributed by atoms with Crippen LogP contribution in [0.4, 0.5) is 28.0 Å². The third-order valence-electron chi connectivity index (χ3n) is 6.04. The molecule has 2 amide bonds. The van der Waals surface area contributed by atoms with Crippen molar-refractivity contribution in [3.8, 4) is 0 Å². The molecule has 2 aliphatic heterocycles. The minimum absolute atomic E-state index is 0.171. The molecule has 4 rings (SSSR count). The van der Waals surface area contributed by atoms with Gasteiger partial charge in [0.05, 0.1) is 12.3 Å². The molecule has 34 heavy (non-hydrogen) atoms. The van der Waals surface area contributed by atoms with Gasteiger partial charge in [-0.05, 0) is 41.9 Å². The summed E-state index contributed by atoms with van der Waals surface area (Å²) >= 11 is 0. The molecular formula is C24H25F4N5O. The molecule has 0 bridgehead atoms. The number of hydrogen-bond acceptors (Lipinski definition) is 4. The van der Waals surface area contributed by atoms with Gasteiger partial charge in [-0.2, -0.15) is 18.3 Å². The normalized spacial score (nSPS) is 16.9. The lowest BCUT2D eigenvalue weighted by Gasteiger charge is -2.37. The van der Waals surface area contributed by atoms with Crippen molar-refractivity contribution >= 4 is 23.1 Å². The van der Waals surface area contributed by atoms with Gasteiger partial charge in [0.1, 0.15) is 11.5 Å². The number of piperazine rings is 1. The summed E-state index contributed by atoms with van der Waals surface area (Å²) in [6, 6.07) is 12.4. The van der Waals surface area contributed by atoms with Crippen LogP contribution in [0.3, 0.4) is 0 Å². The molecule has 0 atom stereocenters. The Morgan fingerprint density at radius 1 is 0.971 bits per heavy atom. The maximum Gasteiger partial charge on any atom is 0.431 e. The molecule has 0 radical (unpaired) electrons. The van der Waals surface area contributed by atoms with Gasteiger partial charge in [0.25, 0.3) is 0 Å². The van der Waals surface area contributed by atoms with Crippen molar-refractivity contribution in [1.82, 2.24) is 9.80 Å². The predicted molar refractivity (Wildman–Crippen MR) is 123 cm³/mol. The van der Waals surface area contributed by atoms with Gasteiger partial charge in [0.15, 0.2) is 0 Å². The summed E-state index contributed by atoms with van der Waals surface area (Å²) in [6.07, 6.45) is -4.86. The molecule has 1 saturated heterocycles. The van der Waals surface area contributed by atoms with Gasteiger partial charge in [-0.1, -0.05) is 31.2 Å². The summed E-state index contributed by atoms with van der Waals surface area (Å²) in [5, 5.41) is 6.93. The molecule has 0 aromatic heterocycles. The van der Waals surface area contributed by atoms with E-state index in [4.69, 9.17) is 0 Å². The van der Waals surface area contributed by atoms with E-state index in [1.54, 1.807) is 46.2 Å². The molecule has 2 aromatic rings. The molecule has 2 aliphatic rings. The van der Waals surface area contributed by atoms with Crippen LogP contribution >= 0.6 is 0 Å². The van der Waals surface area contributed by atoms with Crippen LogP contribution in [-0.2, 0) is 6.54 Å². The first-order valence-electron chi connectivity index (χ1n) is 11.1. The van der Waals surface area contributed by atoms with Crippen LogP contribution in [0.15, 0.2) is 58.7 Å². The number of anilines is 1. The molecule has 2 heterocycles. The molecule has 2 aromatic carbocycles. The number of nitrogens with zero attached hydrogens (tertiary/aromatic N) is 5. The van der Waals surface area contributed by atoms with E-state index >= 15 is 0 Å². The SMILES string of the molecule is CCN1CCN(C(=O)N(Cc2ccc(C3=NN=C(C(F)(F)F)C3)cc2)c2ccc(F)cc2)CC1. The Kier molecular flexibility index (Phi) is 6.97. The van der Waals surface area contributed by atoms with Crippen LogP contribution in [0.25, 0.3) is 0 Å². The third kappa shape index (κ3) is 5.44. The summed E-state index contributed by atoms with van der Waals surface area (Å²) in [4.78, 5) is 19.0. The van der Waals surface area contributed by atoms with E-state index in [9.17, 15) is 22.4 Å². The highest BCUT2D eigenvalue weighted by atomic mass is 19.4. The topological polar surface area (TPSA) is 51.5 Å². The molecule has 0 aliphatic carbocycles. The molecule has 0 spiro atoms. The van der Waals surface area contributed by atoms with Crippen LogP contribution < -0.4 is 4.90 Å². The first-order valence-corrected chi connectivity index (χ1v) is 11.1. The Labute approximate surface area is 195 Å². The largest absolute Gasteiger partial charge is 0.431 e. The molecular weight excluding hydrogens is 450 g/mol. The standard InChI is InChI=1S/C24H25F4N5O/c1-2-31-11-13-32(14-12-31)23(34)33(20-9-7-19(25)8-10-20)16-17-3-5-18(6-4-17)21-15-22(30-29-21)24(26,27)28/h3-10H,2,11-16H2,1H3. The molecule has 10 heteroatoms. The van der Waals surface area contributed by atoms with E-state index in [-0.39, 0.29) is 24.7 Å². The van der Waals surface area contributed by atoms with Crippen LogP contribution in [0, 0.1) is 5.82 Å². The number of hydrogen-bond donors (Lipinski definition) is 0. The predicted octanol–water partition coefficient (Wildman–Crippen LogP) is 4.70. The van der Waals surface area contributed by atoms with Gasteiger partial charge in [0.2, 0.25) is 0 Å². The Morgan fingerprint density at radius 2 is 1.62 bits per heavy atom. The van der Waals surface area contributed by atoms with Crippen LogP contribution in [0.2, 0.25) is 0 Å². The van der Waals surface area contributed by atoms with Crippen LogP contribution in [-0.4, -0.2) is 66.2 Å². The van der Waals surface area contributed by atoms with Gasteiger partial charge < -0.3 is 9.80 Å². The Balaban J connectivity index is 1.49. The number of carbonyl (C=O) groups excluding carboxylic acids is 1. The number of alkyl halides is 3. The van der Waals surface area contributed by atoms with Gasteiger partial charge in [-0.15, -0.1) is 5.10 Å². The molecule has 0 unspecified atom stereocenters. The smallest absolute Gasteiger partial charge is 0.322 e. The first-order chi connectivity index (χ1) is 16.2. The second-order valence-corrected chi connectivity index (χ2v) is 8.23. The molecule has 6 nitrogen and oxygen atoms in total. The molecule has 1 fully saturated rings. The van der Waals surface area contributed by atoms with Crippen molar-refractivity contribution in [2.24, 2.45) is 10.2 Å². The summed E-state index contributed by atoms with van der Waals surface area (Å²) < 4.78 is 52.0. The van der Waals surface area contributed by atoms with Crippen molar-refractivity contribution in [2.45, 2.75) is 26.1 Å². The number of carbonyl (C=O) groups is 1. The molecule has 0 N–H and O–H groups in total. The lowest BCUT2D eigenvalue weighted by molar-refractivity contribution is -0.0596. The number of urea groups is 1. The monoisotopic (exact) mass is 475 g/mol.